The molecule has 29 heavy (non-hydrogen) atoms. The summed E-state index contributed by atoms with van der Waals surface area (Å²) in [7, 11) is 0. The summed E-state index contributed by atoms with van der Waals surface area (Å²) >= 11 is 0. The zero-order valence-corrected chi connectivity index (χ0v) is 16.4. The number of amides is 1. The Balaban J connectivity index is 1.47. The number of fused-ring (bicyclic) bond motifs is 1. The van der Waals surface area contributed by atoms with Gasteiger partial charge in [0.25, 0.3) is 5.91 Å². The first-order chi connectivity index (χ1) is 14.0. The normalized spacial score (nSPS) is 12.3. The molecule has 1 aliphatic heterocycles. The molecule has 0 fully saturated rings. The summed E-state index contributed by atoms with van der Waals surface area (Å²) in [6.45, 7) is 6.23. The molecule has 1 aliphatic rings. The minimum atomic E-state index is -0.223. The number of rotatable bonds is 6. The van der Waals surface area contributed by atoms with Crippen LogP contribution in [0.2, 0.25) is 0 Å². The van der Waals surface area contributed by atoms with Crippen molar-refractivity contribution in [3.8, 4) is 23.2 Å². The van der Waals surface area contributed by atoms with E-state index in [0.717, 1.165) is 5.56 Å². The number of hydrogen-bond donors (Lipinski definition) is 1. The third-order valence-electron chi connectivity index (χ3n) is 4.35. The number of nitrogens with zero attached hydrogens (tertiary/aromatic N) is 4. The number of aromatic nitrogens is 4. The maximum atomic E-state index is 12.7. The third kappa shape index (κ3) is 3.98. The fraction of sp³-hybridized carbons (Fsp3) is 0.300. The van der Waals surface area contributed by atoms with Gasteiger partial charge >= 0.3 is 0 Å². The van der Waals surface area contributed by atoms with Crippen LogP contribution in [0.5, 0.6) is 17.4 Å². The Hall–Kier alpha value is -3.62. The number of ether oxygens (including phenoxy) is 3. The molecule has 0 bridgehead atoms. The van der Waals surface area contributed by atoms with Gasteiger partial charge in [0.05, 0.1) is 23.6 Å². The minimum absolute atomic E-state index is 0.00557. The second-order valence-electron chi connectivity index (χ2n) is 6.81. The minimum Gasteiger partial charge on any atom is -0.475 e. The van der Waals surface area contributed by atoms with Crippen molar-refractivity contribution in [2.75, 3.05) is 6.79 Å². The van der Waals surface area contributed by atoms with Crippen LogP contribution in [-0.2, 0) is 6.54 Å². The monoisotopic (exact) mass is 395 g/mol. The van der Waals surface area contributed by atoms with Crippen molar-refractivity contribution >= 4 is 5.91 Å². The molecule has 1 N–H and O–H groups in total. The van der Waals surface area contributed by atoms with Crippen LogP contribution in [0.25, 0.3) is 5.82 Å². The fourth-order valence-electron chi connectivity index (χ4n) is 2.94. The van der Waals surface area contributed by atoms with Crippen molar-refractivity contribution in [2.24, 2.45) is 0 Å². The molecule has 0 atom stereocenters. The molecule has 1 aromatic carbocycles. The summed E-state index contributed by atoms with van der Waals surface area (Å²) in [4.78, 5) is 21.0. The van der Waals surface area contributed by atoms with E-state index in [1.807, 2.05) is 39.0 Å². The summed E-state index contributed by atoms with van der Waals surface area (Å²) in [5.74, 6) is 2.16. The second-order valence-corrected chi connectivity index (χ2v) is 6.81. The standard InChI is InChI=1S/C20H21N5O4/c1-12(2)29-19-7-18(22-10-23-19)25-13(3)15(9-24-25)20(26)21-8-14-4-5-16-17(6-14)28-11-27-16/h4-7,9-10,12H,8,11H2,1-3H3,(H,21,26). The number of hydrogen-bond acceptors (Lipinski definition) is 7. The zero-order valence-electron chi connectivity index (χ0n) is 16.4. The van der Waals surface area contributed by atoms with Crippen molar-refractivity contribution in [3.05, 3.63) is 53.6 Å². The van der Waals surface area contributed by atoms with Crippen LogP contribution >= 0.6 is 0 Å². The molecule has 3 aromatic rings. The average Bonchev–Trinajstić information content (AvgIpc) is 3.31. The molecular formula is C20H21N5O4. The van der Waals surface area contributed by atoms with Gasteiger partial charge in [0.2, 0.25) is 12.7 Å². The Morgan fingerprint density at radius 3 is 2.90 bits per heavy atom. The van der Waals surface area contributed by atoms with Crippen molar-refractivity contribution in [2.45, 2.75) is 33.4 Å². The van der Waals surface area contributed by atoms with Gasteiger partial charge in [0.15, 0.2) is 17.3 Å². The molecule has 0 spiro atoms. The van der Waals surface area contributed by atoms with Crippen LogP contribution < -0.4 is 19.5 Å². The molecule has 0 radical (unpaired) electrons. The molecule has 0 aliphatic carbocycles. The van der Waals surface area contributed by atoms with Gasteiger partial charge in [-0.3, -0.25) is 4.79 Å². The molecular weight excluding hydrogens is 374 g/mol. The Labute approximate surface area is 167 Å². The Kier molecular flexibility index (Phi) is 5.03. The zero-order chi connectivity index (χ0) is 20.4. The lowest BCUT2D eigenvalue weighted by molar-refractivity contribution is 0.0950. The van der Waals surface area contributed by atoms with E-state index >= 15 is 0 Å². The van der Waals surface area contributed by atoms with Gasteiger partial charge in [-0.2, -0.15) is 5.10 Å². The van der Waals surface area contributed by atoms with Crippen molar-refractivity contribution in [1.29, 1.82) is 0 Å². The number of benzene rings is 1. The molecule has 0 saturated carbocycles. The van der Waals surface area contributed by atoms with Gasteiger partial charge in [0.1, 0.15) is 6.33 Å². The van der Waals surface area contributed by atoms with Crippen LogP contribution in [0, 0.1) is 6.92 Å². The number of carbonyl (C=O) groups excluding carboxylic acids is 1. The van der Waals surface area contributed by atoms with Gasteiger partial charge < -0.3 is 19.5 Å². The predicted molar refractivity (Wildman–Crippen MR) is 103 cm³/mol. The lowest BCUT2D eigenvalue weighted by Gasteiger charge is -2.10. The van der Waals surface area contributed by atoms with E-state index in [0.29, 0.717) is 41.0 Å². The van der Waals surface area contributed by atoms with E-state index in [2.05, 4.69) is 20.4 Å². The van der Waals surface area contributed by atoms with Gasteiger partial charge in [-0.25, -0.2) is 14.6 Å². The Morgan fingerprint density at radius 1 is 1.24 bits per heavy atom. The van der Waals surface area contributed by atoms with E-state index in [4.69, 9.17) is 14.2 Å². The first kappa shape index (κ1) is 18.7. The van der Waals surface area contributed by atoms with E-state index in [1.165, 1.54) is 12.5 Å². The number of nitrogens with one attached hydrogen (secondary N) is 1. The largest absolute Gasteiger partial charge is 0.475 e. The third-order valence-corrected chi connectivity index (χ3v) is 4.35. The van der Waals surface area contributed by atoms with E-state index < -0.39 is 0 Å². The first-order valence-corrected chi connectivity index (χ1v) is 9.21. The quantitative estimate of drug-likeness (QED) is 0.684. The lowest BCUT2D eigenvalue weighted by Crippen LogP contribution is -2.23. The highest BCUT2D eigenvalue weighted by Crippen LogP contribution is 2.32. The molecule has 1 amide bonds. The number of carbonyl (C=O) groups is 1. The molecule has 150 valence electrons. The maximum absolute atomic E-state index is 12.7. The summed E-state index contributed by atoms with van der Waals surface area (Å²) in [5, 5.41) is 7.21. The Bertz CT molecular complexity index is 1050. The maximum Gasteiger partial charge on any atom is 0.255 e. The van der Waals surface area contributed by atoms with Crippen molar-refractivity contribution < 1.29 is 19.0 Å². The van der Waals surface area contributed by atoms with E-state index in [9.17, 15) is 4.79 Å². The van der Waals surface area contributed by atoms with Gasteiger partial charge in [-0.15, -0.1) is 0 Å². The van der Waals surface area contributed by atoms with Gasteiger partial charge in [-0.1, -0.05) is 6.07 Å². The van der Waals surface area contributed by atoms with Crippen LogP contribution in [0.1, 0.15) is 35.5 Å². The van der Waals surface area contributed by atoms with Crippen LogP contribution in [0.15, 0.2) is 36.8 Å². The van der Waals surface area contributed by atoms with Gasteiger partial charge in [0, 0.05) is 12.6 Å². The van der Waals surface area contributed by atoms with Gasteiger partial charge in [-0.05, 0) is 38.5 Å². The highest BCUT2D eigenvalue weighted by Gasteiger charge is 2.17. The average molecular weight is 395 g/mol. The van der Waals surface area contributed by atoms with Crippen molar-refractivity contribution in [3.63, 3.8) is 0 Å². The highest BCUT2D eigenvalue weighted by molar-refractivity contribution is 5.95. The Morgan fingerprint density at radius 2 is 2.07 bits per heavy atom. The highest BCUT2D eigenvalue weighted by atomic mass is 16.7. The lowest BCUT2D eigenvalue weighted by atomic mass is 10.2. The van der Waals surface area contributed by atoms with Crippen LogP contribution in [0.3, 0.4) is 0 Å². The molecule has 0 unspecified atom stereocenters. The van der Waals surface area contributed by atoms with E-state index in [-0.39, 0.29) is 18.8 Å². The molecule has 2 aromatic heterocycles. The summed E-state index contributed by atoms with van der Waals surface area (Å²) in [5.41, 5.74) is 2.05. The summed E-state index contributed by atoms with van der Waals surface area (Å²) in [6.07, 6.45) is 2.93. The molecule has 4 rings (SSSR count). The summed E-state index contributed by atoms with van der Waals surface area (Å²) < 4.78 is 17.9. The SMILES string of the molecule is Cc1c(C(=O)NCc2ccc3c(c2)OCO3)cnn1-c1cc(OC(C)C)ncn1. The molecule has 9 nitrogen and oxygen atoms in total. The van der Waals surface area contributed by atoms with Crippen LogP contribution in [-0.4, -0.2) is 38.6 Å². The molecule has 0 saturated heterocycles. The second kappa shape index (κ2) is 7.78. The van der Waals surface area contributed by atoms with Crippen LogP contribution in [0.4, 0.5) is 0 Å². The van der Waals surface area contributed by atoms with Crippen molar-refractivity contribution in [1.82, 2.24) is 25.1 Å². The smallest absolute Gasteiger partial charge is 0.255 e. The topological polar surface area (TPSA) is 100 Å². The van der Waals surface area contributed by atoms with E-state index in [1.54, 1.807) is 10.7 Å². The predicted octanol–water partition coefficient (Wildman–Crippen LogP) is 2.42. The first-order valence-electron chi connectivity index (χ1n) is 9.21. The summed E-state index contributed by atoms with van der Waals surface area (Å²) in [6, 6.07) is 7.27. The molecule has 3 heterocycles. The fourth-order valence-corrected chi connectivity index (χ4v) is 2.94. The molecule has 9 heteroatoms.